The minimum absolute atomic E-state index is 0.0785. The summed E-state index contributed by atoms with van der Waals surface area (Å²) in [7, 11) is 0. The van der Waals surface area contributed by atoms with Gasteiger partial charge in [-0.15, -0.1) is 0 Å². The first-order valence-corrected chi connectivity index (χ1v) is 8.74. The Labute approximate surface area is 155 Å². The molecule has 0 spiro atoms. The van der Waals surface area contributed by atoms with E-state index in [2.05, 4.69) is 20.6 Å². The summed E-state index contributed by atoms with van der Waals surface area (Å²) < 4.78 is 5.50. The maximum absolute atomic E-state index is 12.3. The lowest BCUT2D eigenvalue weighted by atomic mass is 10.2. The lowest BCUT2D eigenvalue weighted by Gasteiger charge is -2.12. The number of rotatable bonds is 5. The van der Waals surface area contributed by atoms with Gasteiger partial charge in [0.25, 0.3) is 5.91 Å². The van der Waals surface area contributed by atoms with Crippen molar-refractivity contribution >= 4 is 40.6 Å². The molecule has 0 radical (unpaired) electrons. The molecule has 2 N–H and O–H groups in total. The van der Waals surface area contributed by atoms with Crippen molar-refractivity contribution in [2.24, 2.45) is 0 Å². The molecule has 1 aromatic heterocycles. The quantitative estimate of drug-likeness (QED) is 0.825. The predicted octanol–water partition coefficient (Wildman–Crippen LogP) is 3.74. The molecular formula is C17H18Cl2N4O2. The Hall–Kier alpha value is -1.89. The van der Waals surface area contributed by atoms with E-state index in [1.54, 1.807) is 31.2 Å². The largest absolute Gasteiger partial charge is 0.376 e. The second-order valence-electron chi connectivity index (χ2n) is 5.78. The van der Waals surface area contributed by atoms with Crippen molar-refractivity contribution in [2.75, 3.05) is 18.5 Å². The van der Waals surface area contributed by atoms with Crippen LogP contribution in [0.25, 0.3) is 0 Å². The van der Waals surface area contributed by atoms with Gasteiger partial charge in [0.15, 0.2) is 0 Å². The monoisotopic (exact) mass is 380 g/mol. The molecule has 8 heteroatoms. The van der Waals surface area contributed by atoms with Crippen molar-refractivity contribution in [2.45, 2.75) is 25.9 Å². The Balaban J connectivity index is 1.73. The highest BCUT2D eigenvalue weighted by molar-refractivity contribution is 6.35. The number of halogens is 2. The minimum Gasteiger partial charge on any atom is -0.376 e. The smallest absolute Gasteiger partial charge is 0.270 e. The fourth-order valence-electron chi connectivity index (χ4n) is 2.58. The van der Waals surface area contributed by atoms with Gasteiger partial charge in [-0.05, 0) is 38.0 Å². The fourth-order valence-corrected chi connectivity index (χ4v) is 2.92. The van der Waals surface area contributed by atoms with Crippen molar-refractivity contribution < 1.29 is 9.53 Å². The van der Waals surface area contributed by atoms with E-state index in [1.807, 2.05) is 0 Å². The van der Waals surface area contributed by atoms with E-state index in [9.17, 15) is 4.79 Å². The third kappa shape index (κ3) is 4.81. The summed E-state index contributed by atoms with van der Waals surface area (Å²) >= 11 is 12.1. The van der Waals surface area contributed by atoms with Gasteiger partial charge in [-0.1, -0.05) is 23.2 Å². The van der Waals surface area contributed by atoms with Gasteiger partial charge >= 0.3 is 0 Å². The van der Waals surface area contributed by atoms with E-state index in [0.717, 1.165) is 19.4 Å². The number of aromatic nitrogens is 2. The SMILES string of the molecule is Cc1nc(Nc2cc(Cl)ccc2Cl)cc(C(=O)NCC2CCCO2)n1. The first kappa shape index (κ1) is 17.9. The van der Waals surface area contributed by atoms with Gasteiger partial charge in [0.05, 0.1) is 16.8 Å². The van der Waals surface area contributed by atoms with E-state index in [-0.39, 0.29) is 17.7 Å². The number of aryl methyl sites for hydroxylation is 1. The summed E-state index contributed by atoms with van der Waals surface area (Å²) in [5.41, 5.74) is 0.893. The topological polar surface area (TPSA) is 76.1 Å². The Morgan fingerprint density at radius 3 is 2.92 bits per heavy atom. The molecule has 0 aliphatic carbocycles. The zero-order valence-corrected chi connectivity index (χ0v) is 15.2. The maximum Gasteiger partial charge on any atom is 0.270 e. The lowest BCUT2D eigenvalue weighted by molar-refractivity contribution is 0.0853. The molecule has 1 fully saturated rings. The zero-order chi connectivity index (χ0) is 17.8. The molecule has 25 heavy (non-hydrogen) atoms. The lowest BCUT2D eigenvalue weighted by Crippen LogP contribution is -2.32. The Morgan fingerprint density at radius 2 is 2.16 bits per heavy atom. The molecular weight excluding hydrogens is 363 g/mol. The van der Waals surface area contributed by atoms with E-state index >= 15 is 0 Å². The number of anilines is 2. The van der Waals surface area contributed by atoms with Crippen LogP contribution in [0, 0.1) is 6.92 Å². The van der Waals surface area contributed by atoms with Crippen molar-refractivity contribution in [3.63, 3.8) is 0 Å². The molecule has 0 bridgehead atoms. The molecule has 2 aromatic rings. The van der Waals surface area contributed by atoms with Crippen molar-refractivity contribution in [3.8, 4) is 0 Å². The summed E-state index contributed by atoms with van der Waals surface area (Å²) in [6.45, 7) is 2.95. The van der Waals surface area contributed by atoms with Gasteiger partial charge in [-0.3, -0.25) is 4.79 Å². The number of nitrogens with one attached hydrogen (secondary N) is 2. The molecule has 2 heterocycles. The van der Waals surface area contributed by atoms with Crippen molar-refractivity contribution in [1.82, 2.24) is 15.3 Å². The van der Waals surface area contributed by atoms with Gasteiger partial charge in [0.2, 0.25) is 0 Å². The van der Waals surface area contributed by atoms with E-state index in [1.165, 1.54) is 0 Å². The van der Waals surface area contributed by atoms with Crippen molar-refractivity contribution in [3.05, 3.63) is 45.8 Å². The first-order chi connectivity index (χ1) is 12.0. The molecule has 1 saturated heterocycles. The van der Waals surface area contributed by atoms with Crippen LogP contribution in [0.5, 0.6) is 0 Å². The van der Waals surface area contributed by atoms with Crippen LogP contribution in [0.4, 0.5) is 11.5 Å². The third-order valence-corrected chi connectivity index (χ3v) is 4.34. The predicted molar refractivity (Wildman–Crippen MR) is 97.8 cm³/mol. The molecule has 6 nitrogen and oxygen atoms in total. The molecule has 1 aliphatic heterocycles. The van der Waals surface area contributed by atoms with Crippen LogP contribution < -0.4 is 10.6 Å². The van der Waals surface area contributed by atoms with Crippen LogP contribution in [-0.2, 0) is 4.74 Å². The minimum atomic E-state index is -0.263. The number of ether oxygens (including phenoxy) is 1. The molecule has 0 saturated carbocycles. The van der Waals surface area contributed by atoms with E-state index < -0.39 is 0 Å². The standard InChI is InChI=1S/C17H18Cl2N4O2/c1-10-21-15(17(24)20-9-12-3-2-6-25-12)8-16(22-10)23-14-7-11(18)4-5-13(14)19/h4-5,7-8,12H,2-3,6,9H2,1H3,(H,20,24)(H,21,22,23). The Kier molecular flexibility index (Phi) is 5.73. The summed E-state index contributed by atoms with van der Waals surface area (Å²) in [4.78, 5) is 20.8. The number of hydrogen-bond donors (Lipinski definition) is 2. The molecule has 132 valence electrons. The summed E-state index contributed by atoms with van der Waals surface area (Å²) in [5.74, 6) is 0.686. The molecule has 3 rings (SSSR count). The normalized spacial score (nSPS) is 16.7. The molecule has 1 aromatic carbocycles. The van der Waals surface area contributed by atoms with Gasteiger partial charge in [-0.2, -0.15) is 0 Å². The second-order valence-corrected chi connectivity index (χ2v) is 6.62. The van der Waals surface area contributed by atoms with E-state index in [0.29, 0.717) is 33.9 Å². The van der Waals surface area contributed by atoms with Crippen LogP contribution in [0.2, 0.25) is 10.0 Å². The van der Waals surface area contributed by atoms with E-state index in [4.69, 9.17) is 27.9 Å². The average molecular weight is 381 g/mol. The van der Waals surface area contributed by atoms with Gasteiger partial charge in [-0.25, -0.2) is 9.97 Å². The molecule has 1 amide bonds. The highest BCUT2D eigenvalue weighted by Gasteiger charge is 2.18. The molecule has 1 aliphatic rings. The summed E-state index contributed by atoms with van der Waals surface area (Å²) in [6.07, 6.45) is 2.07. The fraction of sp³-hybridized carbons (Fsp3) is 0.353. The highest BCUT2D eigenvalue weighted by Crippen LogP contribution is 2.28. The van der Waals surface area contributed by atoms with Gasteiger partial charge < -0.3 is 15.4 Å². The summed E-state index contributed by atoms with van der Waals surface area (Å²) in [6, 6.07) is 6.66. The van der Waals surface area contributed by atoms with Gasteiger partial charge in [0, 0.05) is 24.2 Å². The Bertz CT molecular complexity index is 779. The molecule has 1 unspecified atom stereocenters. The number of amides is 1. The van der Waals surface area contributed by atoms with Crippen LogP contribution in [0.1, 0.15) is 29.2 Å². The number of nitrogens with zero attached hydrogens (tertiary/aromatic N) is 2. The highest BCUT2D eigenvalue weighted by atomic mass is 35.5. The zero-order valence-electron chi connectivity index (χ0n) is 13.7. The number of carbonyl (C=O) groups excluding carboxylic acids is 1. The van der Waals surface area contributed by atoms with Crippen LogP contribution in [-0.4, -0.2) is 35.1 Å². The van der Waals surface area contributed by atoms with Crippen LogP contribution in [0.3, 0.4) is 0 Å². The number of benzene rings is 1. The van der Waals surface area contributed by atoms with Gasteiger partial charge in [0.1, 0.15) is 17.3 Å². The van der Waals surface area contributed by atoms with Crippen LogP contribution in [0.15, 0.2) is 24.3 Å². The first-order valence-electron chi connectivity index (χ1n) is 7.99. The second kappa shape index (κ2) is 7.99. The molecule has 1 atom stereocenters. The number of hydrogen-bond acceptors (Lipinski definition) is 5. The number of carbonyl (C=O) groups is 1. The Morgan fingerprint density at radius 1 is 1.32 bits per heavy atom. The maximum atomic E-state index is 12.3. The summed E-state index contributed by atoms with van der Waals surface area (Å²) in [5, 5.41) is 6.98. The van der Waals surface area contributed by atoms with Crippen molar-refractivity contribution in [1.29, 1.82) is 0 Å². The average Bonchev–Trinajstić information content (AvgIpc) is 3.09. The van der Waals surface area contributed by atoms with Crippen LogP contribution >= 0.6 is 23.2 Å². The third-order valence-electron chi connectivity index (χ3n) is 3.78.